The maximum Gasteiger partial charge on any atom is 0.124 e. The summed E-state index contributed by atoms with van der Waals surface area (Å²) < 4.78 is 0. The van der Waals surface area contributed by atoms with Gasteiger partial charge >= 0.3 is 0 Å². The van der Waals surface area contributed by atoms with Crippen LogP contribution in [0.1, 0.15) is 18.4 Å². The minimum atomic E-state index is -0.630. The van der Waals surface area contributed by atoms with E-state index in [1.807, 2.05) is 30.3 Å². The minimum absolute atomic E-state index is 0.129. The summed E-state index contributed by atoms with van der Waals surface area (Å²) in [7, 11) is 0. The van der Waals surface area contributed by atoms with E-state index in [4.69, 9.17) is 6.42 Å². The van der Waals surface area contributed by atoms with Gasteiger partial charge in [-0.3, -0.25) is 0 Å². The van der Waals surface area contributed by atoms with Crippen LogP contribution in [0, 0.1) is 12.3 Å². The summed E-state index contributed by atoms with van der Waals surface area (Å²) in [6.07, 6.45) is 6.61. The van der Waals surface area contributed by atoms with Gasteiger partial charge in [0.2, 0.25) is 0 Å². The first-order chi connectivity index (χ1) is 6.29. The molecule has 1 fully saturated rings. The molecule has 1 aliphatic rings. The van der Waals surface area contributed by atoms with Crippen molar-refractivity contribution in [1.82, 2.24) is 0 Å². The fourth-order valence-electron chi connectivity index (χ4n) is 1.78. The van der Waals surface area contributed by atoms with Crippen LogP contribution >= 0.6 is 0 Å². The zero-order valence-corrected chi connectivity index (χ0v) is 7.40. The van der Waals surface area contributed by atoms with Gasteiger partial charge in [-0.15, -0.1) is 6.42 Å². The van der Waals surface area contributed by atoms with Gasteiger partial charge in [0, 0.05) is 5.41 Å². The van der Waals surface area contributed by atoms with Crippen LogP contribution in [-0.4, -0.2) is 11.2 Å². The van der Waals surface area contributed by atoms with Gasteiger partial charge < -0.3 is 5.11 Å². The third kappa shape index (κ3) is 1.24. The Morgan fingerprint density at radius 3 is 2.38 bits per heavy atom. The van der Waals surface area contributed by atoms with Crippen LogP contribution in [-0.2, 0) is 5.41 Å². The number of aliphatic hydroxyl groups excluding tert-OH is 1. The van der Waals surface area contributed by atoms with Crippen molar-refractivity contribution < 1.29 is 5.11 Å². The van der Waals surface area contributed by atoms with Gasteiger partial charge in [-0.05, 0) is 18.4 Å². The summed E-state index contributed by atoms with van der Waals surface area (Å²) >= 11 is 0. The van der Waals surface area contributed by atoms with E-state index in [1.54, 1.807) is 0 Å². The van der Waals surface area contributed by atoms with Crippen molar-refractivity contribution in [2.75, 3.05) is 0 Å². The molecular weight excluding hydrogens is 160 g/mol. The fraction of sp³-hybridized carbons (Fsp3) is 0.333. The minimum Gasteiger partial charge on any atom is -0.379 e. The number of aliphatic hydroxyl groups is 1. The second-order valence-electron chi connectivity index (χ2n) is 3.59. The van der Waals surface area contributed by atoms with Crippen molar-refractivity contribution in [3.8, 4) is 12.3 Å². The monoisotopic (exact) mass is 172 g/mol. The molecule has 1 saturated carbocycles. The van der Waals surface area contributed by atoms with Crippen molar-refractivity contribution in [2.24, 2.45) is 0 Å². The van der Waals surface area contributed by atoms with Gasteiger partial charge in [0.1, 0.15) is 6.10 Å². The molecule has 1 aliphatic carbocycles. The summed E-state index contributed by atoms with van der Waals surface area (Å²) in [5, 5.41) is 9.67. The van der Waals surface area contributed by atoms with E-state index in [0.29, 0.717) is 0 Å². The number of rotatable bonds is 2. The van der Waals surface area contributed by atoms with Crippen LogP contribution in [0.25, 0.3) is 0 Å². The van der Waals surface area contributed by atoms with Crippen LogP contribution in [0.5, 0.6) is 0 Å². The van der Waals surface area contributed by atoms with Crippen molar-refractivity contribution in [1.29, 1.82) is 0 Å². The van der Waals surface area contributed by atoms with E-state index >= 15 is 0 Å². The molecule has 1 atom stereocenters. The molecule has 0 aliphatic heterocycles. The third-order valence-electron chi connectivity index (χ3n) is 2.82. The second kappa shape index (κ2) is 2.90. The number of terminal acetylenes is 1. The molecule has 0 saturated heterocycles. The summed E-state index contributed by atoms with van der Waals surface area (Å²) in [6, 6.07) is 10.0. The third-order valence-corrected chi connectivity index (χ3v) is 2.82. The highest BCUT2D eigenvalue weighted by atomic mass is 16.3. The Kier molecular flexibility index (Phi) is 1.86. The molecule has 0 spiro atoms. The highest BCUT2D eigenvalue weighted by Crippen LogP contribution is 2.50. The van der Waals surface area contributed by atoms with E-state index in [1.165, 1.54) is 5.56 Å². The van der Waals surface area contributed by atoms with Crippen LogP contribution in [0.15, 0.2) is 30.3 Å². The molecule has 1 nitrogen and oxygen atoms in total. The average Bonchev–Trinajstić information content (AvgIpc) is 2.99. The van der Waals surface area contributed by atoms with Crippen LogP contribution < -0.4 is 0 Å². The predicted octanol–water partition coefficient (Wildman–Crippen LogP) is 1.71. The van der Waals surface area contributed by atoms with E-state index in [-0.39, 0.29) is 5.41 Å². The molecule has 0 aromatic heterocycles. The molecule has 0 heterocycles. The Morgan fingerprint density at radius 1 is 1.31 bits per heavy atom. The van der Waals surface area contributed by atoms with Gasteiger partial charge in [0.15, 0.2) is 0 Å². The van der Waals surface area contributed by atoms with Gasteiger partial charge in [-0.2, -0.15) is 0 Å². The topological polar surface area (TPSA) is 20.2 Å². The molecule has 0 bridgehead atoms. The van der Waals surface area contributed by atoms with Crippen molar-refractivity contribution >= 4 is 0 Å². The predicted molar refractivity (Wildman–Crippen MR) is 52.2 cm³/mol. The zero-order valence-electron chi connectivity index (χ0n) is 7.40. The lowest BCUT2D eigenvalue weighted by atomic mass is 9.90. The standard InChI is InChI=1S/C12H12O/c1-2-11(13)12(8-9-12)10-6-4-3-5-7-10/h1,3-7,11,13H,8-9H2. The smallest absolute Gasteiger partial charge is 0.124 e. The molecule has 13 heavy (non-hydrogen) atoms. The Hall–Kier alpha value is -1.26. The first-order valence-electron chi connectivity index (χ1n) is 4.49. The molecule has 66 valence electrons. The second-order valence-corrected chi connectivity index (χ2v) is 3.59. The molecule has 1 N–H and O–H groups in total. The molecule has 1 aromatic carbocycles. The summed E-state index contributed by atoms with van der Waals surface area (Å²) in [5.74, 6) is 2.42. The highest BCUT2D eigenvalue weighted by Gasteiger charge is 2.49. The summed E-state index contributed by atoms with van der Waals surface area (Å²) in [4.78, 5) is 0. The van der Waals surface area contributed by atoms with Crippen LogP contribution in [0.4, 0.5) is 0 Å². The number of hydrogen-bond donors (Lipinski definition) is 1. The van der Waals surface area contributed by atoms with Crippen molar-refractivity contribution in [3.63, 3.8) is 0 Å². The SMILES string of the molecule is C#CC(O)C1(c2ccccc2)CC1. The Morgan fingerprint density at radius 2 is 1.92 bits per heavy atom. The Labute approximate surface area is 78.4 Å². The van der Waals surface area contributed by atoms with Crippen molar-refractivity contribution in [3.05, 3.63) is 35.9 Å². The van der Waals surface area contributed by atoms with Gasteiger partial charge in [-0.1, -0.05) is 36.3 Å². The Balaban J connectivity index is 2.32. The molecule has 1 unspecified atom stereocenters. The lowest BCUT2D eigenvalue weighted by molar-refractivity contribution is 0.188. The zero-order chi connectivity index (χ0) is 9.31. The molecule has 0 radical (unpaired) electrons. The first kappa shape index (κ1) is 8.34. The van der Waals surface area contributed by atoms with Crippen molar-refractivity contribution in [2.45, 2.75) is 24.4 Å². The van der Waals surface area contributed by atoms with E-state index in [2.05, 4.69) is 5.92 Å². The van der Waals surface area contributed by atoms with Crippen LogP contribution in [0.3, 0.4) is 0 Å². The first-order valence-corrected chi connectivity index (χ1v) is 4.49. The molecule has 1 aromatic rings. The summed E-state index contributed by atoms with van der Waals surface area (Å²) in [6.45, 7) is 0. The average molecular weight is 172 g/mol. The van der Waals surface area contributed by atoms with E-state index < -0.39 is 6.10 Å². The van der Waals surface area contributed by atoms with Gasteiger partial charge in [0.25, 0.3) is 0 Å². The molecule has 2 rings (SSSR count). The normalized spacial score (nSPS) is 20.3. The molecule has 0 amide bonds. The maximum absolute atomic E-state index is 9.67. The lowest BCUT2D eigenvalue weighted by Gasteiger charge is -2.17. The van der Waals surface area contributed by atoms with Gasteiger partial charge in [0.05, 0.1) is 0 Å². The lowest BCUT2D eigenvalue weighted by Crippen LogP contribution is -2.23. The quantitative estimate of drug-likeness (QED) is 0.673. The molecular formula is C12H12O. The van der Waals surface area contributed by atoms with E-state index in [9.17, 15) is 5.11 Å². The van der Waals surface area contributed by atoms with E-state index in [0.717, 1.165) is 12.8 Å². The highest BCUT2D eigenvalue weighted by molar-refractivity contribution is 5.35. The van der Waals surface area contributed by atoms with Gasteiger partial charge in [-0.25, -0.2) is 0 Å². The molecule has 1 heteroatoms. The largest absolute Gasteiger partial charge is 0.379 e. The van der Waals surface area contributed by atoms with Crippen LogP contribution in [0.2, 0.25) is 0 Å². The number of benzene rings is 1. The maximum atomic E-state index is 9.67. The fourth-order valence-corrected chi connectivity index (χ4v) is 1.78. The number of hydrogen-bond acceptors (Lipinski definition) is 1. The Bertz CT molecular complexity index is 330. The summed E-state index contributed by atoms with van der Waals surface area (Å²) in [5.41, 5.74) is 1.04.